The van der Waals surface area contributed by atoms with E-state index in [-0.39, 0.29) is 11.8 Å². The first kappa shape index (κ1) is 8.53. The lowest BCUT2D eigenvalue weighted by Gasteiger charge is -2.07. The third-order valence-corrected chi connectivity index (χ3v) is 1.97. The van der Waals surface area contributed by atoms with Gasteiger partial charge in [0.25, 0.3) is 0 Å². The lowest BCUT2D eigenvalue weighted by Crippen LogP contribution is -2.31. The van der Waals surface area contributed by atoms with Crippen LogP contribution in [0.5, 0.6) is 0 Å². The first-order valence-corrected chi connectivity index (χ1v) is 4.13. The molecule has 2 unspecified atom stereocenters. The van der Waals surface area contributed by atoms with E-state index in [9.17, 15) is 4.79 Å². The van der Waals surface area contributed by atoms with Crippen LogP contribution in [0, 0.1) is 5.92 Å². The van der Waals surface area contributed by atoms with Gasteiger partial charge in [0.15, 0.2) is 0 Å². The van der Waals surface area contributed by atoms with Crippen LogP contribution in [0.15, 0.2) is 0 Å². The Morgan fingerprint density at radius 1 is 1.82 bits per heavy atom. The summed E-state index contributed by atoms with van der Waals surface area (Å²) in [5.41, 5.74) is 0. The quantitative estimate of drug-likeness (QED) is 0.605. The smallest absolute Gasteiger partial charge is 0.222 e. The molecule has 0 radical (unpaired) electrons. The Hall–Kier alpha value is -0.570. The van der Waals surface area contributed by atoms with E-state index in [4.69, 9.17) is 4.74 Å². The molecule has 0 bridgehead atoms. The summed E-state index contributed by atoms with van der Waals surface area (Å²) in [5, 5.41) is 2.83. The highest BCUT2D eigenvalue weighted by molar-refractivity contribution is 5.78. The predicted octanol–water partition coefficient (Wildman–Crippen LogP) is 0.547. The molecule has 2 atom stereocenters. The second kappa shape index (κ2) is 3.72. The molecular weight excluding hydrogens is 142 g/mol. The molecule has 0 saturated carbocycles. The fourth-order valence-electron chi connectivity index (χ4n) is 0.760. The van der Waals surface area contributed by atoms with Gasteiger partial charge in [-0.2, -0.15) is 0 Å². The topological polar surface area (TPSA) is 41.6 Å². The summed E-state index contributed by atoms with van der Waals surface area (Å²) >= 11 is 0. The summed E-state index contributed by atoms with van der Waals surface area (Å²) in [6.07, 6.45) is 1.19. The maximum atomic E-state index is 11.1. The van der Waals surface area contributed by atoms with Crippen LogP contribution in [-0.4, -0.2) is 25.2 Å². The Morgan fingerprint density at radius 2 is 2.45 bits per heavy atom. The molecule has 64 valence electrons. The molecule has 1 fully saturated rings. The monoisotopic (exact) mass is 157 g/mol. The second-order valence-corrected chi connectivity index (χ2v) is 3.01. The third-order valence-electron chi connectivity index (χ3n) is 1.97. The maximum Gasteiger partial charge on any atom is 0.222 e. The van der Waals surface area contributed by atoms with Gasteiger partial charge in [0.2, 0.25) is 5.91 Å². The van der Waals surface area contributed by atoms with E-state index in [0.29, 0.717) is 12.6 Å². The molecule has 11 heavy (non-hydrogen) atoms. The highest BCUT2D eigenvalue weighted by atomic mass is 16.6. The Labute approximate surface area is 67.1 Å². The highest BCUT2D eigenvalue weighted by Crippen LogP contribution is 2.07. The van der Waals surface area contributed by atoms with Gasteiger partial charge < -0.3 is 10.1 Å². The molecule has 1 saturated heterocycles. The van der Waals surface area contributed by atoms with E-state index in [1.165, 1.54) is 0 Å². The summed E-state index contributed by atoms with van der Waals surface area (Å²) in [4.78, 5) is 11.1. The minimum atomic E-state index is 0.133. The Morgan fingerprint density at radius 3 is 2.91 bits per heavy atom. The van der Waals surface area contributed by atoms with Crippen molar-refractivity contribution in [2.24, 2.45) is 5.92 Å². The first-order chi connectivity index (χ1) is 5.24. The van der Waals surface area contributed by atoms with E-state index >= 15 is 0 Å². The summed E-state index contributed by atoms with van der Waals surface area (Å²) in [5.74, 6) is 0.275. The molecule has 0 spiro atoms. The van der Waals surface area contributed by atoms with E-state index in [1.807, 2.05) is 13.8 Å². The zero-order chi connectivity index (χ0) is 8.27. The zero-order valence-corrected chi connectivity index (χ0v) is 7.09. The first-order valence-electron chi connectivity index (χ1n) is 4.13. The summed E-state index contributed by atoms with van der Waals surface area (Å²) in [6.45, 7) is 5.44. The molecule has 1 heterocycles. The Bertz CT molecular complexity index is 143. The van der Waals surface area contributed by atoms with Crippen LogP contribution < -0.4 is 5.32 Å². The largest absolute Gasteiger partial charge is 0.371 e. The van der Waals surface area contributed by atoms with Crippen LogP contribution in [0.3, 0.4) is 0 Å². The number of hydrogen-bond donors (Lipinski definition) is 1. The highest BCUT2D eigenvalue weighted by Gasteiger charge is 2.23. The van der Waals surface area contributed by atoms with E-state index in [0.717, 1.165) is 13.0 Å². The summed E-state index contributed by atoms with van der Waals surface area (Å²) in [7, 11) is 0. The van der Waals surface area contributed by atoms with Gasteiger partial charge >= 0.3 is 0 Å². The van der Waals surface area contributed by atoms with Gasteiger partial charge in [-0.1, -0.05) is 13.8 Å². The molecule has 0 aliphatic carbocycles. The second-order valence-electron chi connectivity index (χ2n) is 3.01. The fraction of sp³-hybridized carbons (Fsp3) is 0.875. The number of nitrogens with one attached hydrogen (secondary N) is 1. The Kier molecular flexibility index (Phi) is 2.88. The molecule has 3 heteroatoms. The van der Waals surface area contributed by atoms with Crippen molar-refractivity contribution in [3.8, 4) is 0 Å². The molecule has 0 aromatic rings. The third kappa shape index (κ3) is 2.89. The van der Waals surface area contributed by atoms with Crippen LogP contribution in [0.1, 0.15) is 20.3 Å². The number of epoxide rings is 1. The van der Waals surface area contributed by atoms with Crippen molar-refractivity contribution in [1.82, 2.24) is 5.32 Å². The lowest BCUT2D eigenvalue weighted by molar-refractivity contribution is -0.124. The summed E-state index contributed by atoms with van der Waals surface area (Å²) < 4.78 is 4.96. The number of ether oxygens (including phenoxy) is 1. The fourth-order valence-corrected chi connectivity index (χ4v) is 0.760. The van der Waals surface area contributed by atoms with E-state index in [1.54, 1.807) is 0 Å². The van der Waals surface area contributed by atoms with Gasteiger partial charge in [-0.25, -0.2) is 0 Å². The molecule has 3 nitrogen and oxygen atoms in total. The predicted molar refractivity (Wildman–Crippen MR) is 42.2 cm³/mol. The van der Waals surface area contributed by atoms with Crippen LogP contribution >= 0.6 is 0 Å². The molecule has 0 aromatic heterocycles. The van der Waals surface area contributed by atoms with Crippen LogP contribution in [0.4, 0.5) is 0 Å². The number of carbonyl (C=O) groups is 1. The minimum Gasteiger partial charge on any atom is -0.371 e. The lowest BCUT2D eigenvalue weighted by atomic mass is 10.1. The number of amides is 1. The normalized spacial score (nSPS) is 24.4. The molecule has 1 aliphatic heterocycles. The van der Waals surface area contributed by atoms with Crippen molar-refractivity contribution < 1.29 is 9.53 Å². The van der Waals surface area contributed by atoms with E-state index in [2.05, 4.69) is 5.32 Å². The average Bonchev–Trinajstić information content (AvgIpc) is 2.81. The van der Waals surface area contributed by atoms with Gasteiger partial charge in [0.05, 0.1) is 12.7 Å². The van der Waals surface area contributed by atoms with Crippen LogP contribution in [-0.2, 0) is 9.53 Å². The molecule has 1 amide bonds. The van der Waals surface area contributed by atoms with Crippen molar-refractivity contribution >= 4 is 5.91 Å². The van der Waals surface area contributed by atoms with Crippen molar-refractivity contribution in [2.45, 2.75) is 26.4 Å². The maximum absolute atomic E-state index is 11.1. The van der Waals surface area contributed by atoms with Crippen molar-refractivity contribution in [2.75, 3.05) is 13.2 Å². The Balaban J connectivity index is 2.08. The minimum absolute atomic E-state index is 0.133. The van der Waals surface area contributed by atoms with Gasteiger partial charge in [0.1, 0.15) is 0 Å². The zero-order valence-electron chi connectivity index (χ0n) is 7.09. The molecule has 0 aromatic carbocycles. The van der Waals surface area contributed by atoms with Crippen molar-refractivity contribution in [3.05, 3.63) is 0 Å². The SMILES string of the molecule is CCC(C)C(=O)NCC1CO1. The molecule has 1 aliphatic rings. The standard InChI is InChI=1S/C8H15NO2/c1-3-6(2)8(10)9-4-7-5-11-7/h6-7H,3-5H2,1-2H3,(H,9,10). The molecular formula is C8H15NO2. The van der Waals surface area contributed by atoms with Crippen LogP contribution in [0.25, 0.3) is 0 Å². The number of rotatable bonds is 4. The van der Waals surface area contributed by atoms with Crippen LogP contribution in [0.2, 0.25) is 0 Å². The van der Waals surface area contributed by atoms with Gasteiger partial charge in [0, 0.05) is 12.5 Å². The average molecular weight is 157 g/mol. The van der Waals surface area contributed by atoms with Gasteiger partial charge in [-0.05, 0) is 6.42 Å². The van der Waals surface area contributed by atoms with Crippen molar-refractivity contribution in [3.63, 3.8) is 0 Å². The van der Waals surface area contributed by atoms with Gasteiger partial charge in [-0.3, -0.25) is 4.79 Å². The summed E-state index contributed by atoms with van der Waals surface area (Å²) in [6, 6.07) is 0. The molecule has 1 rings (SSSR count). The van der Waals surface area contributed by atoms with Crippen molar-refractivity contribution in [1.29, 1.82) is 0 Å². The number of carbonyl (C=O) groups excluding carboxylic acids is 1. The van der Waals surface area contributed by atoms with Gasteiger partial charge in [-0.15, -0.1) is 0 Å². The molecule has 1 N–H and O–H groups in total. The number of hydrogen-bond acceptors (Lipinski definition) is 2. The van der Waals surface area contributed by atoms with E-state index < -0.39 is 0 Å².